The van der Waals surface area contributed by atoms with E-state index in [0.717, 1.165) is 5.56 Å². The Bertz CT molecular complexity index is 417. The van der Waals surface area contributed by atoms with Gasteiger partial charge in [-0.15, -0.1) is 12.4 Å². The van der Waals surface area contributed by atoms with Crippen molar-refractivity contribution in [2.45, 2.75) is 6.42 Å². The summed E-state index contributed by atoms with van der Waals surface area (Å²) in [6.45, 7) is 0. The lowest BCUT2D eigenvalue weighted by molar-refractivity contribution is 0.604. The highest BCUT2D eigenvalue weighted by Crippen LogP contribution is 2.09. The van der Waals surface area contributed by atoms with E-state index in [1.807, 2.05) is 30.3 Å². The molecule has 0 bridgehead atoms. The van der Waals surface area contributed by atoms with Gasteiger partial charge >= 0.3 is 0 Å². The maximum absolute atomic E-state index is 13.2. The van der Waals surface area contributed by atoms with Gasteiger partial charge in [0.25, 0.3) is 0 Å². The molecule has 2 rings (SSSR count). The van der Waals surface area contributed by atoms with Crippen LogP contribution in [0.3, 0.4) is 0 Å². The van der Waals surface area contributed by atoms with Crippen LogP contribution in [0.25, 0.3) is 0 Å². The maximum atomic E-state index is 13.2. The third-order valence-corrected chi connectivity index (χ3v) is 2.05. The molecule has 0 N–H and O–H groups in total. The zero-order chi connectivity index (χ0) is 9.80. The lowest BCUT2D eigenvalue weighted by atomic mass is 10.1. The number of hydrogen-bond donors (Lipinski definition) is 0. The Kier molecular flexibility index (Phi) is 4.25. The van der Waals surface area contributed by atoms with E-state index in [-0.39, 0.29) is 18.2 Å². The topological polar surface area (TPSA) is 12.9 Å². The minimum absolute atomic E-state index is 0. The summed E-state index contributed by atoms with van der Waals surface area (Å²) in [5, 5.41) is 0. The Balaban J connectivity index is 0.00000112. The van der Waals surface area contributed by atoms with Gasteiger partial charge in [-0.05, 0) is 17.7 Å². The third kappa shape index (κ3) is 3.03. The smallest absolute Gasteiger partial charge is 0.145 e. The molecule has 0 radical (unpaired) electrons. The van der Waals surface area contributed by atoms with E-state index in [9.17, 15) is 4.39 Å². The van der Waals surface area contributed by atoms with E-state index in [1.165, 1.54) is 6.07 Å². The molecule has 0 aliphatic carbocycles. The van der Waals surface area contributed by atoms with E-state index < -0.39 is 0 Å². The molecular weight excluding hydrogens is 213 g/mol. The highest BCUT2D eigenvalue weighted by Gasteiger charge is 2.02. The van der Waals surface area contributed by atoms with Crippen LogP contribution in [0.1, 0.15) is 11.3 Å². The summed E-state index contributed by atoms with van der Waals surface area (Å²) in [6.07, 6.45) is 2.16. The molecule has 0 fully saturated rings. The lowest BCUT2D eigenvalue weighted by Gasteiger charge is -2.01. The second kappa shape index (κ2) is 5.47. The van der Waals surface area contributed by atoms with Crippen molar-refractivity contribution in [3.63, 3.8) is 0 Å². The van der Waals surface area contributed by atoms with Crippen molar-refractivity contribution < 1.29 is 4.39 Å². The van der Waals surface area contributed by atoms with Gasteiger partial charge in [-0.25, -0.2) is 4.39 Å². The monoisotopic (exact) mass is 223 g/mol. The summed E-state index contributed by atoms with van der Waals surface area (Å²) in [4.78, 5) is 4.00. The minimum Gasteiger partial charge on any atom is -0.258 e. The summed E-state index contributed by atoms with van der Waals surface area (Å²) in [5.74, 6) is -0.239. The molecule has 2 aromatic rings. The van der Waals surface area contributed by atoms with Crippen LogP contribution in [0.5, 0.6) is 0 Å². The van der Waals surface area contributed by atoms with Crippen LogP contribution in [-0.2, 0) is 6.42 Å². The Morgan fingerprint density at radius 3 is 2.40 bits per heavy atom. The molecule has 78 valence electrons. The van der Waals surface area contributed by atoms with Crippen LogP contribution in [-0.4, -0.2) is 4.98 Å². The summed E-state index contributed by atoms with van der Waals surface area (Å²) in [6, 6.07) is 12.8. The first kappa shape index (κ1) is 11.7. The fourth-order valence-corrected chi connectivity index (χ4v) is 1.34. The fraction of sp³-hybridized carbons (Fsp3) is 0.0833. The fourth-order valence-electron chi connectivity index (χ4n) is 1.34. The molecule has 1 aromatic carbocycles. The number of halogens is 2. The summed E-state index contributed by atoms with van der Waals surface area (Å²) >= 11 is 0. The van der Waals surface area contributed by atoms with Crippen molar-refractivity contribution in [3.8, 4) is 0 Å². The van der Waals surface area contributed by atoms with Crippen molar-refractivity contribution in [2.24, 2.45) is 0 Å². The quantitative estimate of drug-likeness (QED) is 0.762. The minimum atomic E-state index is -0.239. The normalized spacial score (nSPS) is 9.40. The second-order valence-electron chi connectivity index (χ2n) is 3.09. The molecule has 0 aliphatic rings. The van der Waals surface area contributed by atoms with Gasteiger partial charge in [-0.2, -0.15) is 0 Å². The predicted octanol–water partition coefficient (Wildman–Crippen LogP) is 3.23. The van der Waals surface area contributed by atoms with Crippen LogP contribution in [0.2, 0.25) is 0 Å². The average Bonchev–Trinajstić information content (AvgIpc) is 2.23. The second-order valence-corrected chi connectivity index (χ2v) is 3.09. The zero-order valence-electron chi connectivity index (χ0n) is 8.06. The molecule has 0 spiro atoms. The van der Waals surface area contributed by atoms with Crippen molar-refractivity contribution >= 4 is 12.4 Å². The van der Waals surface area contributed by atoms with E-state index in [4.69, 9.17) is 0 Å². The Morgan fingerprint density at radius 1 is 1.00 bits per heavy atom. The van der Waals surface area contributed by atoms with Gasteiger partial charge in [0.05, 0.1) is 5.69 Å². The number of aromatic nitrogens is 1. The molecule has 0 unspecified atom stereocenters. The lowest BCUT2D eigenvalue weighted by Crippen LogP contribution is -1.95. The van der Waals surface area contributed by atoms with Crippen molar-refractivity contribution in [1.82, 2.24) is 4.98 Å². The van der Waals surface area contributed by atoms with E-state index in [2.05, 4.69) is 4.98 Å². The van der Waals surface area contributed by atoms with Gasteiger partial charge in [0.2, 0.25) is 0 Å². The van der Waals surface area contributed by atoms with E-state index in [1.54, 1.807) is 12.3 Å². The van der Waals surface area contributed by atoms with E-state index >= 15 is 0 Å². The van der Waals surface area contributed by atoms with Gasteiger partial charge in [-0.1, -0.05) is 30.3 Å². The molecule has 0 saturated carbocycles. The highest BCUT2D eigenvalue weighted by molar-refractivity contribution is 5.85. The molecule has 0 amide bonds. The number of hydrogen-bond acceptors (Lipinski definition) is 1. The SMILES string of the molecule is Cl.Fc1cccnc1Cc1ccccc1. The zero-order valence-corrected chi connectivity index (χ0v) is 8.88. The largest absolute Gasteiger partial charge is 0.258 e. The Labute approximate surface area is 94.4 Å². The molecule has 1 nitrogen and oxygen atoms in total. The number of rotatable bonds is 2. The molecule has 0 aliphatic heterocycles. The van der Waals surface area contributed by atoms with Crippen molar-refractivity contribution in [1.29, 1.82) is 0 Å². The third-order valence-electron chi connectivity index (χ3n) is 2.05. The van der Waals surface area contributed by atoms with Crippen LogP contribution in [0, 0.1) is 5.82 Å². The van der Waals surface area contributed by atoms with Gasteiger partial charge < -0.3 is 0 Å². The van der Waals surface area contributed by atoms with Crippen LogP contribution in [0.15, 0.2) is 48.7 Å². The number of pyridine rings is 1. The average molecular weight is 224 g/mol. The van der Waals surface area contributed by atoms with Gasteiger partial charge in [0.15, 0.2) is 0 Å². The first-order chi connectivity index (χ1) is 6.86. The van der Waals surface area contributed by atoms with Crippen LogP contribution < -0.4 is 0 Å². The molecule has 0 saturated heterocycles. The summed E-state index contributed by atoms with van der Waals surface area (Å²) in [5.41, 5.74) is 1.57. The number of benzene rings is 1. The van der Waals surface area contributed by atoms with E-state index in [0.29, 0.717) is 12.1 Å². The van der Waals surface area contributed by atoms with Crippen LogP contribution >= 0.6 is 12.4 Å². The Hall–Kier alpha value is -1.41. The first-order valence-electron chi connectivity index (χ1n) is 4.49. The van der Waals surface area contributed by atoms with Crippen molar-refractivity contribution in [3.05, 3.63) is 65.7 Å². The number of nitrogens with zero attached hydrogens (tertiary/aromatic N) is 1. The molecule has 1 aromatic heterocycles. The maximum Gasteiger partial charge on any atom is 0.145 e. The van der Waals surface area contributed by atoms with Gasteiger partial charge in [0, 0.05) is 12.6 Å². The van der Waals surface area contributed by atoms with Crippen LogP contribution in [0.4, 0.5) is 4.39 Å². The van der Waals surface area contributed by atoms with Gasteiger partial charge in [-0.3, -0.25) is 4.98 Å². The highest BCUT2D eigenvalue weighted by atomic mass is 35.5. The molecular formula is C12H11ClFN. The summed E-state index contributed by atoms with van der Waals surface area (Å²) < 4.78 is 13.2. The predicted molar refractivity (Wildman–Crippen MR) is 60.7 cm³/mol. The summed E-state index contributed by atoms with van der Waals surface area (Å²) in [7, 11) is 0. The van der Waals surface area contributed by atoms with Gasteiger partial charge in [0.1, 0.15) is 5.82 Å². The molecule has 1 heterocycles. The van der Waals surface area contributed by atoms with Crippen molar-refractivity contribution in [2.75, 3.05) is 0 Å². The molecule has 15 heavy (non-hydrogen) atoms. The first-order valence-corrected chi connectivity index (χ1v) is 4.49. The molecule has 3 heteroatoms. The standard InChI is InChI=1S/C12H10FN.ClH/c13-11-7-4-8-14-12(11)9-10-5-2-1-3-6-10;/h1-8H,9H2;1H. The molecule has 0 atom stereocenters. The Morgan fingerprint density at radius 2 is 1.73 bits per heavy atom.